The molecule has 0 radical (unpaired) electrons. The van der Waals surface area contributed by atoms with Crippen molar-refractivity contribution in [3.05, 3.63) is 70.5 Å². The van der Waals surface area contributed by atoms with Crippen LogP contribution in [0.25, 0.3) is 0 Å². The molecular formula is C27H29NO7. The molecule has 8 nitrogen and oxygen atoms in total. The largest absolute Gasteiger partial charge is 0.504 e. The average molecular weight is 480 g/mol. The van der Waals surface area contributed by atoms with E-state index in [0.29, 0.717) is 41.2 Å². The van der Waals surface area contributed by atoms with Crippen LogP contribution in [0.4, 0.5) is 0 Å². The molecule has 3 atom stereocenters. The monoisotopic (exact) mass is 479 g/mol. The number of benzene rings is 1. The molecule has 0 amide bonds. The van der Waals surface area contributed by atoms with Gasteiger partial charge in [0, 0.05) is 41.8 Å². The molecule has 2 N–H and O–H groups in total. The van der Waals surface area contributed by atoms with Gasteiger partial charge in [-0.15, -0.1) is 0 Å². The normalized spacial score (nSPS) is 24.3. The molecule has 0 spiro atoms. The van der Waals surface area contributed by atoms with Crippen LogP contribution in [0.1, 0.15) is 55.8 Å². The summed E-state index contributed by atoms with van der Waals surface area (Å²) in [7, 11) is 1.47. The van der Waals surface area contributed by atoms with E-state index in [1.807, 2.05) is 19.1 Å². The van der Waals surface area contributed by atoms with Crippen molar-refractivity contribution in [1.29, 1.82) is 0 Å². The Kier molecular flexibility index (Phi) is 6.38. The van der Waals surface area contributed by atoms with Gasteiger partial charge in [0.05, 0.1) is 25.1 Å². The highest BCUT2D eigenvalue weighted by Gasteiger charge is 2.42. The lowest BCUT2D eigenvalue weighted by molar-refractivity contribution is -0.142. The van der Waals surface area contributed by atoms with Crippen molar-refractivity contribution in [2.75, 3.05) is 20.3 Å². The highest BCUT2D eigenvalue weighted by atomic mass is 16.6. The molecule has 1 aromatic carbocycles. The number of aromatic hydroxyl groups is 1. The van der Waals surface area contributed by atoms with Crippen molar-refractivity contribution in [1.82, 2.24) is 5.32 Å². The lowest BCUT2D eigenvalue weighted by Gasteiger charge is -2.36. The molecule has 3 heterocycles. The number of furan rings is 1. The van der Waals surface area contributed by atoms with Gasteiger partial charge in [-0.1, -0.05) is 6.07 Å². The van der Waals surface area contributed by atoms with Crippen molar-refractivity contribution >= 4 is 11.8 Å². The summed E-state index contributed by atoms with van der Waals surface area (Å²) in [5, 5.41) is 13.8. The molecule has 0 saturated carbocycles. The Hall–Kier alpha value is -3.52. The molecule has 1 saturated heterocycles. The van der Waals surface area contributed by atoms with E-state index in [2.05, 4.69) is 5.32 Å². The summed E-state index contributed by atoms with van der Waals surface area (Å²) in [5.41, 5.74) is 2.87. The zero-order chi connectivity index (χ0) is 24.5. The van der Waals surface area contributed by atoms with Crippen LogP contribution in [-0.4, -0.2) is 43.3 Å². The lowest BCUT2D eigenvalue weighted by Crippen LogP contribution is -2.36. The SMILES string of the molecule is COc1ccc(C2C(C(=O)OCC3CCCO3)=C(C)NC3=C2C(=O)CC(c2ccco2)C3)cc1O. The molecule has 35 heavy (non-hydrogen) atoms. The van der Waals surface area contributed by atoms with E-state index in [-0.39, 0.29) is 36.6 Å². The Morgan fingerprint density at radius 3 is 2.80 bits per heavy atom. The summed E-state index contributed by atoms with van der Waals surface area (Å²) in [6.07, 6.45) is 4.13. The fourth-order valence-corrected chi connectivity index (χ4v) is 5.28. The summed E-state index contributed by atoms with van der Waals surface area (Å²) in [5.74, 6) is -0.330. The molecule has 2 aromatic rings. The Balaban J connectivity index is 1.52. The van der Waals surface area contributed by atoms with Crippen LogP contribution >= 0.6 is 0 Å². The number of hydrogen-bond acceptors (Lipinski definition) is 8. The number of ether oxygens (including phenoxy) is 3. The zero-order valence-corrected chi connectivity index (χ0v) is 19.8. The molecule has 3 aliphatic rings. The summed E-state index contributed by atoms with van der Waals surface area (Å²) >= 11 is 0. The van der Waals surface area contributed by atoms with Crippen molar-refractivity contribution in [2.45, 2.75) is 50.5 Å². The van der Waals surface area contributed by atoms with Gasteiger partial charge in [-0.25, -0.2) is 4.79 Å². The Morgan fingerprint density at radius 2 is 2.11 bits per heavy atom. The van der Waals surface area contributed by atoms with E-state index < -0.39 is 11.9 Å². The number of esters is 1. The van der Waals surface area contributed by atoms with Crippen LogP contribution in [0.5, 0.6) is 11.5 Å². The van der Waals surface area contributed by atoms with Gasteiger partial charge in [-0.2, -0.15) is 0 Å². The number of nitrogens with one attached hydrogen (secondary N) is 1. The van der Waals surface area contributed by atoms with Crippen LogP contribution in [0.2, 0.25) is 0 Å². The molecular weight excluding hydrogens is 450 g/mol. The molecule has 184 valence electrons. The van der Waals surface area contributed by atoms with Crippen LogP contribution in [0.3, 0.4) is 0 Å². The highest BCUT2D eigenvalue weighted by molar-refractivity contribution is 6.04. The molecule has 8 heteroatoms. The van der Waals surface area contributed by atoms with Crippen molar-refractivity contribution in [2.24, 2.45) is 0 Å². The smallest absolute Gasteiger partial charge is 0.336 e. The number of methoxy groups -OCH3 is 1. The fraction of sp³-hybridized carbons (Fsp3) is 0.407. The first-order valence-electron chi connectivity index (χ1n) is 11.9. The molecule has 0 bridgehead atoms. The van der Waals surface area contributed by atoms with Gasteiger partial charge in [0.2, 0.25) is 0 Å². The lowest BCUT2D eigenvalue weighted by atomic mass is 9.72. The van der Waals surface area contributed by atoms with E-state index in [1.54, 1.807) is 24.5 Å². The topological polar surface area (TPSA) is 107 Å². The van der Waals surface area contributed by atoms with Crippen molar-refractivity contribution < 1.29 is 33.3 Å². The van der Waals surface area contributed by atoms with E-state index in [4.69, 9.17) is 18.6 Å². The predicted octanol–water partition coefficient (Wildman–Crippen LogP) is 4.08. The molecule has 1 aromatic heterocycles. The maximum Gasteiger partial charge on any atom is 0.336 e. The van der Waals surface area contributed by atoms with Gasteiger partial charge in [0.15, 0.2) is 17.3 Å². The first-order valence-corrected chi connectivity index (χ1v) is 11.9. The molecule has 3 unspecified atom stereocenters. The third kappa shape index (κ3) is 4.46. The number of dihydropyridines is 1. The molecule has 2 aliphatic heterocycles. The van der Waals surface area contributed by atoms with Crippen LogP contribution in [0.15, 0.2) is 63.6 Å². The number of Topliss-reactive ketones (excluding diaryl/α,β-unsaturated/α-hetero) is 1. The van der Waals surface area contributed by atoms with Crippen LogP contribution in [0, 0.1) is 0 Å². The molecule has 1 aliphatic carbocycles. The highest BCUT2D eigenvalue weighted by Crippen LogP contribution is 2.47. The fourth-order valence-electron chi connectivity index (χ4n) is 5.28. The third-order valence-electron chi connectivity index (χ3n) is 6.95. The van der Waals surface area contributed by atoms with Crippen molar-refractivity contribution in [3.8, 4) is 11.5 Å². The number of phenolic OH excluding ortho intramolecular Hbond substituents is 1. The minimum absolute atomic E-state index is 0.0628. The van der Waals surface area contributed by atoms with Gasteiger partial charge in [-0.3, -0.25) is 4.79 Å². The zero-order valence-electron chi connectivity index (χ0n) is 19.8. The quantitative estimate of drug-likeness (QED) is 0.597. The Bertz CT molecular complexity index is 1190. The van der Waals surface area contributed by atoms with E-state index in [0.717, 1.165) is 24.3 Å². The van der Waals surface area contributed by atoms with Crippen LogP contribution < -0.4 is 10.1 Å². The minimum atomic E-state index is -0.676. The van der Waals surface area contributed by atoms with E-state index in [1.165, 1.54) is 7.11 Å². The van der Waals surface area contributed by atoms with Gasteiger partial charge in [0.1, 0.15) is 12.4 Å². The summed E-state index contributed by atoms with van der Waals surface area (Å²) in [6, 6.07) is 8.64. The average Bonchev–Trinajstić information content (AvgIpc) is 3.56. The predicted molar refractivity (Wildman–Crippen MR) is 126 cm³/mol. The number of phenols is 1. The van der Waals surface area contributed by atoms with Gasteiger partial charge < -0.3 is 29.1 Å². The standard InChI is InChI=1S/C27H29NO7/c1-15-24(27(31)35-14-18-5-3-9-33-18)25(16-7-8-23(32-2)20(29)12-16)26-19(28-15)11-17(13-21(26)30)22-6-4-10-34-22/h4,6-8,10,12,17-18,25,28-29H,3,5,9,11,13-14H2,1-2H3. The number of allylic oxidation sites excluding steroid dienone is 3. The maximum atomic E-state index is 13.5. The van der Waals surface area contributed by atoms with Crippen LogP contribution in [-0.2, 0) is 19.1 Å². The van der Waals surface area contributed by atoms with Crippen molar-refractivity contribution in [3.63, 3.8) is 0 Å². The first-order chi connectivity index (χ1) is 17.0. The maximum absolute atomic E-state index is 13.5. The first kappa shape index (κ1) is 23.2. The number of hydrogen-bond donors (Lipinski definition) is 2. The Labute approximate surface area is 203 Å². The summed E-state index contributed by atoms with van der Waals surface area (Å²) < 4.78 is 22.0. The molecule has 5 rings (SSSR count). The summed E-state index contributed by atoms with van der Waals surface area (Å²) in [6.45, 7) is 2.64. The number of ketones is 1. The van der Waals surface area contributed by atoms with Gasteiger partial charge in [-0.05, 0) is 56.0 Å². The van der Waals surface area contributed by atoms with E-state index >= 15 is 0 Å². The van der Waals surface area contributed by atoms with Gasteiger partial charge >= 0.3 is 5.97 Å². The second-order valence-electron chi connectivity index (χ2n) is 9.20. The molecule has 1 fully saturated rings. The minimum Gasteiger partial charge on any atom is -0.504 e. The number of carbonyl (C=O) groups excluding carboxylic acids is 2. The van der Waals surface area contributed by atoms with Gasteiger partial charge in [0.25, 0.3) is 0 Å². The summed E-state index contributed by atoms with van der Waals surface area (Å²) in [4.78, 5) is 26.9. The second kappa shape index (κ2) is 9.62. The number of carbonyl (C=O) groups is 2. The Morgan fingerprint density at radius 1 is 1.26 bits per heavy atom. The number of rotatable bonds is 6. The second-order valence-corrected chi connectivity index (χ2v) is 9.20. The van der Waals surface area contributed by atoms with E-state index in [9.17, 15) is 14.7 Å². The third-order valence-corrected chi connectivity index (χ3v) is 6.95.